The largest absolute Gasteiger partial charge is 0.750 e. The highest BCUT2D eigenvalue weighted by molar-refractivity contribution is 7.74. The lowest BCUT2D eigenvalue weighted by Crippen LogP contribution is -2.57. The van der Waals surface area contributed by atoms with Crippen LogP contribution in [0.5, 0.6) is 5.75 Å². The van der Waals surface area contributed by atoms with E-state index in [1.54, 1.807) is 26.1 Å². The van der Waals surface area contributed by atoms with Gasteiger partial charge in [0.15, 0.2) is 0 Å². The number of carbonyl (C=O) groups excluding carboxylic acids is 1. The minimum absolute atomic E-state index is 0.0746. The summed E-state index contributed by atoms with van der Waals surface area (Å²) in [5.74, 6) is 0.201. The zero-order chi connectivity index (χ0) is 19.2. The van der Waals surface area contributed by atoms with Gasteiger partial charge < -0.3 is 19.4 Å². The molecule has 0 radical (unpaired) electrons. The molecule has 0 saturated heterocycles. The van der Waals surface area contributed by atoms with Gasteiger partial charge in [0.25, 0.3) is 0 Å². The molecule has 0 aliphatic heterocycles. The highest BCUT2D eigenvalue weighted by Gasteiger charge is 2.43. The number of carbonyl (C=O) groups is 1. The molecule has 2 rings (SSSR count). The van der Waals surface area contributed by atoms with Gasteiger partial charge in [-0.15, -0.1) is 0 Å². The fourth-order valence-electron chi connectivity index (χ4n) is 3.54. The maximum Gasteiger partial charge on any atom is 0.129 e. The number of nitrogens with one attached hydrogen (secondary N) is 1. The van der Waals surface area contributed by atoms with E-state index in [1.165, 1.54) is 6.07 Å². The Morgan fingerprint density at radius 3 is 2.88 bits per heavy atom. The van der Waals surface area contributed by atoms with Crippen molar-refractivity contribution >= 4 is 17.6 Å². The van der Waals surface area contributed by atoms with Gasteiger partial charge in [-0.1, -0.05) is 6.07 Å². The Hall–Kier alpha value is -1.35. The van der Waals surface area contributed by atoms with E-state index in [9.17, 15) is 17.9 Å². The van der Waals surface area contributed by atoms with E-state index in [0.717, 1.165) is 12.7 Å². The molecule has 0 bridgehead atoms. The second kappa shape index (κ2) is 9.55. The predicted molar refractivity (Wildman–Crippen MR) is 94.9 cm³/mol. The second-order valence-corrected chi connectivity index (χ2v) is 7.36. The van der Waals surface area contributed by atoms with Crippen molar-refractivity contribution in [3.05, 3.63) is 29.6 Å². The predicted octanol–water partition coefficient (Wildman–Crippen LogP) is 2.43. The van der Waals surface area contributed by atoms with E-state index in [4.69, 9.17) is 8.92 Å². The zero-order valence-electron chi connectivity index (χ0n) is 15.0. The van der Waals surface area contributed by atoms with Gasteiger partial charge in [0.05, 0.1) is 24.1 Å². The van der Waals surface area contributed by atoms with Gasteiger partial charge >= 0.3 is 0 Å². The first-order valence-corrected chi connectivity index (χ1v) is 9.68. The summed E-state index contributed by atoms with van der Waals surface area (Å²) >= 11 is -2.65. The molecule has 1 saturated carbocycles. The molecule has 1 aromatic rings. The van der Waals surface area contributed by atoms with Crippen molar-refractivity contribution in [3.8, 4) is 5.75 Å². The number of ether oxygens (including phenoxy) is 1. The average Bonchev–Trinajstić information content (AvgIpc) is 2.62. The van der Waals surface area contributed by atoms with Crippen LogP contribution in [0.25, 0.3) is 0 Å². The topological polar surface area (TPSA) is 87.7 Å². The van der Waals surface area contributed by atoms with Gasteiger partial charge in [-0.25, -0.2) is 8.60 Å². The molecule has 0 amide bonds. The highest BCUT2D eigenvalue weighted by Crippen LogP contribution is 2.38. The first-order chi connectivity index (χ1) is 12.4. The Bertz CT molecular complexity index is 644. The fourth-order valence-corrected chi connectivity index (χ4v) is 3.99. The first kappa shape index (κ1) is 21.0. The molecule has 4 atom stereocenters. The molecule has 146 valence electrons. The van der Waals surface area contributed by atoms with Gasteiger partial charge in [-0.2, -0.15) is 0 Å². The minimum Gasteiger partial charge on any atom is -0.750 e. The third kappa shape index (κ3) is 5.33. The molecule has 6 nitrogen and oxygen atoms in total. The molecule has 0 spiro atoms. The van der Waals surface area contributed by atoms with Crippen molar-refractivity contribution in [2.24, 2.45) is 5.92 Å². The molecule has 1 aromatic carbocycles. The number of benzene rings is 1. The Morgan fingerprint density at radius 1 is 1.50 bits per heavy atom. The summed E-state index contributed by atoms with van der Waals surface area (Å²) in [6.45, 7) is 2.03. The Balaban J connectivity index is 2.02. The van der Waals surface area contributed by atoms with Crippen molar-refractivity contribution in [1.82, 2.24) is 5.32 Å². The molecule has 1 aliphatic rings. The number of halogens is 1. The summed E-state index contributed by atoms with van der Waals surface area (Å²) < 4.78 is 46.7. The average molecular weight is 386 g/mol. The molecule has 1 fully saturated rings. The molecule has 1 N–H and O–H groups in total. The van der Waals surface area contributed by atoms with Gasteiger partial charge in [0, 0.05) is 18.0 Å². The van der Waals surface area contributed by atoms with Crippen molar-refractivity contribution in [2.75, 3.05) is 13.7 Å². The van der Waals surface area contributed by atoms with Crippen molar-refractivity contribution < 1.29 is 26.9 Å². The van der Waals surface area contributed by atoms with E-state index < -0.39 is 23.0 Å². The maximum absolute atomic E-state index is 13.6. The molecular weight excluding hydrogens is 361 g/mol. The van der Waals surface area contributed by atoms with E-state index >= 15 is 0 Å². The van der Waals surface area contributed by atoms with Gasteiger partial charge in [-0.3, -0.25) is 4.18 Å². The Labute approximate surface area is 155 Å². The van der Waals surface area contributed by atoms with Crippen molar-refractivity contribution in [3.63, 3.8) is 0 Å². The normalized spacial score (nSPS) is 27.1. The van der Waals surface area contributed by atoms with E-state index in [0.29, 0.717) is 43.6 Å². The molecule has 0 heterocycles. The van der Waals surface area contributed by atoms with E-state index in [-0.39, 0.29) is 11.7 Å². The number of rotatable bonds is 9. The zero-order valence-corrected chi connectivity index (χ0v) is 15.9. The molecule has 4 unspecified atom stereocenters. The van der Waals surface area contributed by atoms with Gasteiger partial charge in [-0.05, 0) is 57.2 Å². The number of hydrogen-bond acceptors (Lipinski definition) is 6. The summed E-state index contributed by atoms with van der Waals surface area (Å²) in [6, 6.07) is 4.72. The summed E-state index contributed by atoms with van der Waals surface area (Å²) in [5.41, 5.74) is -0.0108. The lowest BCUT2D eigenvalue weighted by atomic mass is 9.72. The SMILES string of the molecule is CNC1(CCC=O)CCC(COc2ccc(C)c(F)c2)CC1OS(=O)[O-]. The standard InChI is InChI=1S/C18H26FNO5S/c1-13-4-5-15(11-16(13)19)24-12-14-6-8-18(20-2,7-3-9-21)17(10-14)25-26(22)23/h4-5,9,11,14,17,20H,3,6-8,10,12H2,1-2H3,(H,22,23)/p-1. The van der Waals surface area contributed by atoms with Crippen LogP contribution in [0.2, 0.25) is 0 Å². The van der Waals surface area contributed by atoms with Crippen molar-refractivity contribution in [2.45, 2.75) is 50.7 Å². The molecule has 8 heteroatoms. The summed E-state index contributed by atoms with van der Waals surface area (Å²) in [6.07, 6.45) is 3.01. The highest BCUT2D eigenvalue weighted by atomic mass is 32.2. The molecular formula is C18H25FNO5S-. The molecule has 0 aromatic heterocycles. The summed E-state index contributed by atoms with van der Waals surface area (Å²) in [4.78, 5) is 10.8. The quantitative estimate of drug-likeness (QED) is 0.518. The maximum atomic E-state index is 13.6. The smallest absolute Gasteiger partial charge is 0.129 e. The number of aryl methyl sites for hydroxylation is 1. The Kier molecular flexibility index (Phi) is 7.69. The lowest BCUT2D eigenvalue weighted by molar-refractivity contribution is -0.108. The fraction of sp³-hybridized carbons (Fsp3) is 0.611. The Morgan fingerprint density at radius 2 is 2.27 bits per heavy atom. The van der Waals surface area contributed by atoms with Crippen LogP contribution in [0.15, 0.2) is 18.2 Å². The van der Waals surface area contributed by atoms with Crippen LogP contribution in [0.1, 0.15) is 37.7 Å². The monoisotopic (exact) mass is 386 g/mol. The third-order valence-electron chi connectivity index (χ3n) is 5.19. The van der Waals surface area contributed by atoms with Crippen LogP contribution in [0.3, 0.4) is 0 Å². The molecule has 26 heavy (non-hydrogen) atoms. The summed E-state index contributed by atoms with van der Waals surface area (Å²) in [7, 11) is 1.75. The van der Waals surface area contributed by atoms with Gasteiger partial charge in [0.2, 0.25) is 0 Å². The number of aldehydes is 1. The van der Waals surface area contributed by atoms with Crippen LogP contribution >= 0.6 is 0 Å². The number of hydrogen-bond donors (Lipinski definition) is 1. The van der Waals surface area contributed by atoms with Gasteiger partial charge in [0.1, 0.15) is 17.9 Å². The second-order valence-electron chi connectivity index (χ2n) is 6.76. The summed E-state index contributed by atoms with van der Waals surface area (Å²) in [5, 5.41) is 3.17. The first-order valence-electron chi connectivity index (χ1n) is 8.68. The lowest BCUT2D eigenvalue weighted by Gasteiger charge is -2.46. The third-order valence-corrected chi connectivity index (χ3v) is 5.58. The number of likely N-dealkylation sites (N-methyl/N-ethyl adjacent to an activating group) is 1. The molecule has 1 aliphatic carbocycles. The van der Waals surface area contributed by atoms with Crippen molar-refractivity contribution in [1.29, 1.82) is 0 Å². The minimum atomic E-state index is -2.65. The van der Waals surface area contributed by atoms with Crippen LogP contribution in [-0.2, 0) is 20.3 Å². The van der Waals surface area contributed by atoms with Crippen LogP contribution in [0.4, 0.5) is 4.39 Å². The van der Waals surface area contributed by atoms with Crippen LogP contribution in [0, 0.1) is 18.7 Å². The van der Waals surface area contributed by atoms with E-state index in [1.807, 2.05) is 0 Å². The van der Waals surface area contributed by atoms with Crippen LogP contribution in [-0.4, -0.2) is 40.3 Å². The van der Waals surface area contributed by atoms with E-state index in [2.05, 4.69) is 5.32 Å². The van der Waals surface area contributed by atoms with Crippen LogP contribution < -0.4 is 10.1 Å².